The molecule has 1 aromatic carbocycles. The fraction of sp³-hybridized carbons (Fsp3) is 0.211. The van der Waals surface area contributed by atoms with Gasteiger partial charge in [-0.1, -0.05) is 30.4 Å². The highest BCUT2D eigenvalue weighted by Gasteiger charge is 2.40. The summed E-state index contributed by atoms with van der Waals surface area (Å²) in [5.74, 6) is -1.93. The first-order chi connectivity index (χ1) is 13.3. The standard InChI is InChI=1S/C19H13F6NO2S/c1-29(27,28)14-5-2-11(3-6-14)15-8-13(18(20,21)22)9-16(15)12-4-7-17(26-10-12)19(23,24)25/h2-10,13H,1H3. The minimum absolute atomic E-state index is 0.00561. The van der Waals surface area contributed by atoms with E-state index >= 15 is 0 Å². The third-order valence-electron chi connectivity index (χ3n) is 4.32. The summed E-state index contributed by atoms with van der Waals surface area (Å²) in [5.41, 5.74) is -0.566. The van der Waals surface area contributed by atoms with Gasteiger partial charge in [-0.2, -0.15) is 26.3 Å². The normalized spacial score (nSPS) is 17.8. The van der Waals surface area contributed by atoms with Gasteiger partial charge in [0, 0.05) is 18.0 Å². The van der Waals surface area contributed by atoms with Crippen LogP contribution in [0.25, 0.3) is 11.1 Å². The van der Waals surface area contributed by atoms with Crippen LogP contribution in [0.5, 0.6) is 0 Å². The lowest BCUT2D eigenvalue weighted by atomic mass is 9.96. The molecule has 29 heavy (non-hydrogen) atoms. The maximum Gasteiger partial charge on any atom is 0.433 e. The first-order valence-corrected chi connectivity index (χ1v) is 10.0. The molecule has 0 radical (unpaired) electrons. The van der Waals surface area contributed by atoms with Crippen LogP contribution in [0.15, 0.2) is 59.6 Å². The van der Waals surface area contributed by atoms with Gasteiger partial charge in [0.15, 0.2) is 9.84 Å². The highest BCUT2D eigenvalue weighted by molar-refractivity contribution is 7.90. The van der Waals surface area contributed by atoms with Crippen LogP contribution in [0, 0.1) is 5.92 Å². The topological polar surface area (TPSA) is 47.0 Å². The third-order valence-corrected chi connectivity index (χ3v) is 5.45. The van der Waals surface area contributed by atoms with Crippen LogP contribution in [0.1, 0.15) is 16.8 Å². The minimum atomic E-state index is -4.67. The van der Waals surface area contributed by atoms with E-state index in [0.717, 1.165) is 30.7 Å². The van der Waals surface area contributed by atoms with E-state index in [4.69, 9.17) is 0 Å². The van der Waals surface area contributed by atoms with Gasteiger partial charge in [-0.3, -0.25) is 4.98 Å². The molecular weight excluding hydrogens is 420 g/mol. The summed E-state index contributed by atoms with van der Waals surface area (Å²) >= 11 is 0. The fourth-order valence-corrected chi connectivity index (χ4v) is 3.51. The van der Waals surface area contributed by atoms with E-state index in [0.29, 0.717) is 11.6 Å². The molecule has 154 valence electrons. The Morgan fingerprint density at radius 3 is 1.76 bits per heavy atom. The average Bonchev–Trinajstić information content (AvgIpc) is 3.06. The Bertz CT molecular complexity index is 1080. The molecule has 0 spiro atoms. The van der Waals surface area contributed by atoms with E-state index in [9.17, 15) is 34.8 Å². The van der Waals surface area contributed by atoms with Crippen molar-refractivity contribution in [3.63, 3.8) is 0 Å². The van der Waals surface area contributed by atoms with Gasteiger partial charge in [-0.15, -0.1) is 0 Å². The summed E-state index contributed by atoms with van der Waals surface area (Å²) in [7, 11) is -3.49. The van der Waals surface area contributed by atoms with E-state index < -0.39 is 33.8 Å². The Kier molecular flexibility index (Phi) is 5.10. The molecule has 0 fully saturated rings. The van der Waals surface area contributed by atoms with Crippen molar-refractivity contribution in [1.82, 2.24) is 4.98 Å². The van der Waals surface area contributed by atoms with Crippen molar-refractivity contribution in [2.75, 3.05) is 6.26 Å². The molecule has 0 saturated carbocycles. The van der Waals surface area contributed by atoms with Gasteiger partial charge in [0.25, 0.3) is 0 Å². The number of nitrogens with zero attached hydrogens (tertiary/aromatic N) is 1. The first-order valence-electron chi connectivity index (χ1n) is 8.11. The molecule has 1 aromatic heterocycles. The van der Waals surface area contributed by atoms with Gasteiger partial charge in [0.2, 0.25) is 0 Å². The number of alkyl halides is 6. The maximum absolute atomic E-state index is 13.2. The molecule has 1 unspecified atom stereocenters. The zero-order chi connectivity index (χ0) is 21.6. The SMILES string of the molecule is CS(=O)(=O)c1ccc(C2=CC(C(F)(F)F)C=C2c2ccc(C(F)(F)F)nc2)cc1. The molecule has 0 bridgehead atoms. The van der Waals surface area contributed by atoms with Gasteiger partial charge in [-0.25, -0.2) is 8.42 Å². The molecule has 10 heteroatoms. The minimum Gasteiger partial charge on any atom is -0.251 e. The van der Waals surface area contributed by atoms with Crippen LogP contribution in [0.2, 0.25) is 0 Å². The van der Waals surface area contributed by atoms with Crippen LogP contribution in [-0.4, -0.2) is 25.8 Å². The van der Waals surface area contributed by atoms with Crippen LogP contribution in [0.4, 0.5) is 26.3 Å². The Hall–Kier alpha value is -2.62. The Morgan fingerprint density at radius 2 is 1.34 bits per heavy atom. The van der Waals surface area contributed by atoms with Gasteiger partial charge >= 0.3 is 12.4 Å². The quantitative estimate of drug-likeness (QED) is 0.628. The highest BCUT2D eigenvalue weighted by Crippen LogP contribution is 2.44. The number of hydrogen-bond acceptors (Lipinski definition) is 3. The van der Waals surface area contributed by atoms with Crippen LogP contribution >= 0.6 is 0 Å². The van der Waals surface area contributed by atoms with Crippen LogP contribution < -0.4 is 0 Å². The van der Waals surface area contributed by atoms with Crippen molar-refractivity contribution >= 4 is 21.0 Å². The highest BCUT2D eigenvalue weighted by atomic mass is 32.2. The van der Waals surface area contributed by atoms with Gasteiger partial charge < -0.3 is 0 Å². The molecule has 0 N–H and O–H groups in total. The summed E-state index contributed by atoms with van der Waals surface area (Å²) in [4.78, 5) is 3.30. The van der Waals surface area contributed by atoms with Crippen molar-refractivity contribution in [1.29, 1.82) is 0 Å². The molecule has 0 aliphatic heterocycles. The van der Waals surface area contributed by atoms with E-state index in [2.05, 4.69) is 4.98 Å². The molecule has 3 nitrogen and oxygen atoms in total. The van der Waals surface area contributed by atoms with Crippen molar-refractivity contribution < 1.29 is 34.8 Å². The fourth-order valence-electron chi connectivity index (χ4n) is 2.88. The Morgan fingerprint density at radius 1 is 0.828 bits per heavy atom. The van der Waals surface area contributed by atoms with Crippen molar-refractivity contribution in [3.05, 3.63) is 71.6 Å². The number of allylic oxidation sites excluding steroid dienone is 4. The Labute approximate surface area is 162 Å². The molecule has 1 aliphatic carbocycles. The predicted octanol–water partition coefficient (Wildman–Crippen LogP) is 5.16. The first kappa shape index (κ1) is 21.1. The predicted molar refractivity (Wildman–Crippen MR) is 94.3 cm³/mol. The molecule has 1 aliphatic rings. The lowest BCUT2D eigenvalue weighted by molar-refractivity contribution is -0.148. The number of pyridine rings is 1. The lowest BCUT2D eigenvalue weighted by Gasteiger charge is -2.11. The molecule has 1 heterocycles. The number of benzene rings is 1. The van der Waals surface area contributed by atoms with Crippen molar-refractivity contribution in [2.45, 2.75) is 17.2 Å². The summed E-state index contributed by atoms with van der Waals surface area (Å²) < 4.78 is 101. The van der Waals surface area contributed by atoms with E-state index in [1.54, 1.807) is 0 Å². The summed E-state index contributed by atoms with van der Waals surface area (Å²) in [5, 5.41) is 0. The number of aromatic nitrogens is 1. The van der Waals surface area contributed by atoms with Crippen molar-refractivity contribution in [2.24, 2.45) is 5.92 Å². The zero-order valence-corrected chi connectivity index (χ0v) is 15.5. The van der Waals surface area contributed by atoms with Crippen molar-refractivity contribution in [3.8, 4) is 0 Å². The summed E-state index contributed by atoms with van der Waals surface area (Å²) in [6.45, 7) is 0. The number of halogens is 6. The van der Waals surface area contributed by atoms with Crippen LogP contribution in [0.3, 0.4) is 0 Å². The van der Waals surface area contributed by atoms with Gasteiger partial charge in [0.1, 0.15) is 5.69 Å². The second-order valence-electron chi connectivity index (χ2n) is 6.45. The number of rotatable bonds is 3. The summed E-state index contributed by atoms with van der Waals surface area (Å²) in [6.07, 6.45) is -5.54. The molecule has 2 aromatic rings. The maximum atomic E-state index is 13.2. The second-order valence-corrected chi connectivity index (χ2v) is 8.47. The zero-order valence-electron chi connectivity index (χ0n) is 14.7. The monoisotopic (exact) mass is 433 g/mol. The lowest BCUT2D eigenvalue weighted by Crippen LogP contribution is -2.17. The average molecular weight is 433 g/mol. The molecule has 0 saturated heterocycles. The van der Waals surface area contributed by atoms with E-state index in [1.807, 2.05) is 0 Å². The number of sulfone groups is 1. The number of hydrogen-bond donors (Lipinski definition) is 0. The summed E-state index contributed by atoms with van der Waals surface area (Å²) in [6, 6.07) is 6.98. The molecule has 0 amide bonds. The van der Waals surface area contributed by atoms with Gasteiger partial charge in [0.05, 0.1) is 10.8 Å². The Balaban J connectivity index is 2.05. The molecule has 1 atom stereocenters. The second kappa shape index (κ2) is 7.01. The molecular formula is C19H13F6NO2S. The third kappa shape index (κ3) is 4.52. The largest absolute Gasteiger partial charge is 0.433 e. The van der Waals surface area contributed by atoms with Crippen LogP contribution in [-0.2, 0) is 16.0 Å². The smallest absolute Gasteiger partial charge is 0.251 e. The van der Waals surface area contributed by atoms with Gasteiger partial charge in [-0.05, 0) is 34.9 Å². The molecule has 3 rings (SSSR count). The van der Waals surface area contributed by atoms with E-state index in [1.165, 1.54) is 24.3 Å². The van der Waals surface area contributed by atoms with E-state index in [-0.39, 0.29) is 21.6 Å².